The van der Waals surface area contributed by atoms with Gasteiger partial charge in [-0.2, -0.15) is 5.10 Å². The summed E-state index contributed by atoms with van der Waals surface area (Å²) in [6.07, 6.45) is 2.37. The number of hydrogen-bond donors (Lipinski definition) is 2. The van der Waals surface area contributed by atoms with Crippen molar-refractivity contribution >= 4 is 27.9 Å². The third kappa shape index (κ3) is 3.40. The molecule has 0 bridgehead atoms. The molecule has 1 fully saturated rings. The molecular weight excluding hydrogens is 392 g/mol. The molecule has 5 rings (SSSR count). The molecular formula is C22H24N8O. The first-order valence-corrected chi connectivity index (χ1v) is 10.2. The molecule has 9 nitrogen and oxygen atoms in total. The second-order valence-electron chi connectivity index (χ2n) is 7.87. The lowest BCUT2D eigenvalue weighted by Crippen LogP contribution is -2.25. The van der Waals surface area contributed by atoms with Crippen LogP contribution in [0.1, 0.15) is 29.5 Å². The fourth-order valence-corrected chi connectivity index (χ4v) is 4.18. The minimum Gasteiger partial charge on any atom is -0.383 e. The summed E-state index contributed by atoms with van der Waals surface area (Å²) in [5.74, 6) is 7.75. The molecule has 0 aliphatic carbocycles. The predicted octanol–water partition coefficient (Wildman–Crippen LogP) is 1.55. The van der Waals surface area contributed by atoms with E-state index in [4.69, 9.17) is 15.6 Å². The highest BCUT2D eigenvalue weighted by Crippen LogP contribution is 2.27. The van der Waals surface area contributed by atoms with Crippen LogP contribution in [0.3, 0.4) is 0 Å². The Morgan fingerprint density at radius 1 is 1.29 bits per heavy atom. The van der Waals surface area contributed by atoms with Gasteiger partial charge >= 0.3 is 0 Å². The van der Waals surface area contributed by atoms with E-state index in [0.29, 0.717) is 29.2 Å². The SMILES string of the molecule is COC[C@H]1C[C@H](n2nc(C#Cc3ccc4c(c3)nc(C)n4C)c3c(N)ncnc32)CN1. The Labute approximate surface area is 179 Å². The Balaban J connectivity index is 1.54. The van der Waals surface area contributed by atoms with E-state index in [1.807, 2.05) is 36.9 Å². The second-order valence-corrected chi connectivity index (χ2v) is 7.87. The summed E-state index contributed by atoms with van der Waals surface area (Å²) in [6, 6.07) is 6.46. The van der Waals surface area contributed by atoms with Crippen LogP contribution in [0, 0.1) is 18.8 Å². The predicted molar refractivity (Wildman–Crippen MR) is 118 cm³/mol. The van der Waals surface area contributed by atoms with Crippen LogP contribution in [0.15, 0.2) is 24.5 Å². The first-order valence-electron chi connectivity index (χ1n) is 10.2. The molecule has 158 valence electrons. The molecule has 0 spiro atoms. The molecule has 4 aromatic rings. The Morgan fingerprint density at radius 2 is 2.16 bits per heavy atom. The van der Waals surface area contributed by atoms with Crippen LogP contribution in [0.5, 0.6) is 0 Å². The highest BCUT2D eigenvalue weighted by atomic mass is 16.5. The number of aryl methyl sites for hydroxylation is 2. The van der Waals surface area contributed by atoms with Crippen LogP contribution in [-0.2, 0) is 11.8 Å². The Kier molecular flexibility index (Phi) is 4.81. The molecule has 31 heavy (non-hydrogen) atoms. The van der Waals surface area contributed by atoms with Gasteiger partial charge in [-0.15, -0.1) is 0 Å². The molecule has 3 N–H and O–H groups in total. The number of rotatable bonds is 3. The largest absolute Gasteiger partial charge is 0.383 e. The summed E-state index contributed by atoms with van der Waals surface area (Å²) in [5.41, 5.74) is 10.3. The van der Waals surface area contributed by atoms with Gasteiger partial charge in [-0.3, -0.25) is 0 Å². The number of nitrogens with zero attached hydrogens (tertiary/aromatic N) is 6. The molecule has 0 saturated carbocycles. The number of methoxy groups -OCH3 is 1. The summed E-state index contributed by atoms with van der Waals surface area (Å²) in [5, 5.41) is 8.95. The van der Waals surface area contributed by atoms with Gasteiger partial charge in [0.15, 0.2) is 5.65 Å². The van der Waals surface area contributed by atoms with E-state index >= 15 is 0 Å². The number of ether oxygens (including phenoxy) is 1. The van der Waals surface area contributed by atoms with Crippen molar-refractivity contribution in [1.82, 2.24) is 34.6 Å². The monoisotopic (exact) mass is 416 g/mol. The maximum atomic E-state index is 6.19. The van der Waals surface area contributed by atoms with Gasteiger partial charge in [-0.05, 0) is 37.5 Å². The summed E-state index contributed by atoms with van der Waals surface area (Å²) >= 11 is 0. The van der Waals surface area contributed by atoms with Crippen LogP contribution >= 0.6 is 0 Å². The number of nitrogens with one attached hydrogen (secondary N) is 1. The van der Waals surface area contributed by atoms with Crippen molar-refractivity contribution in [1.29, 1.82) is 0 Å². The van der Waals surface area contributed by atoms with Crippen LogP contribution in [0.2, 0.25) is 0 Å². The van der Waals surface area contributed by atoms with Gasteiger partial charge in [0.05, 0.1) is 29.1 Å². The van der Waals surface area contributed by atoms with E-state index in [1.54, 1.807) is 7.11 Å². The Morgan fingerprint density at radius 3 is 3.00 bits per heavy atom. The van der Waals surface area contributed by atoms with Gasteiger partial charge in [0.25, 0.3) is 0 Å². The van der Waals surface area contributed by atoms with Crippen molar-refractivity contribution < 1.29 is 4.74 Å². The normalized spacial score (nSPS) is 18.5. The summed E-state index contributed by atoms with van der Waals surface area (Å²) in [6.45, 7) is 3.44. The topological polar surface area (TPSA) is 109 Å². The zero-order valence-corrected chi connectivity index (χ0v) is 17.8. The van der Waals surface area contributed by atoms with Crippen molar-refractivity contribution in [3.8, 4) is 11.8 Å². The number of nitrogens with two attached hydrogens (primary N) is 1. The molecule has 9 heteroatoms. The average molecular weight is 416 g/mol. The van der Waals surface area contributed by atoms with E-state index in [0.717, 1.165) is 35.4 Å². The van der Waals surface area contributed by atoms with Crippen LogP contribution in [0.25, 0.3) is 22.1 Å². The molecule has 0 unspecified atom stereocenters. The number of fused-ring (bicyclic) bond motifs is 2. The second kappa shape index (κ2) is 7.65. The maximum absolute atomic E-state index is 6.19. The van der Waals surface area contributed by atoms with Crippen molar-refractivity contribution in [3.05, 3.63) is 41.6 Å². The van der Waals surface area contributed by atoms with Crippen LogP contribution in [-0.4, -0.2) is 55.6 Å². The van der Waals surface area contributed by atoms with Crippen molar-refractivity contribution in [2.75, 3.05) is 26.0 Å². The van der Waals surface area contributed by atoms with E-state index < -0.39 is 0 Å². The molecule has 3 aromatic heterocycles. The van der Waals surface area contributed by atoms with Gasteiger partial charge in [0.1, 0.15) is 23.7 Å². The third-order valence-electron chi connectivity index (χ3n) is 5.86. The molecule has 1 aliphatic rings. The number of nitrogen functional groups attached to an aromatic ring is 1. The van der Waals surface area contributed by atoms with E-state index in [9.17, 15) is 0 Å². The van der Waals surface area contributed by atoms with E-state index in [2.05, 4.69) is 36.7 Å². The molecule has 1 aliphatic heterocycles. The zero-order chi connectivity index (χ0) is 21.5. The number of imidazole rings is 1. The zero-order valence-electron chi connectivity index (χ0n) is 17.8. The minimum absolute atomic E-state index is 0.153. The summed E-state index contributed by atoms with van der Waals surface area (Å²) in [4.78, 5) is 13.2. The lowest BCUT2D eigenvalue weighted by atomic mass is 10.2. The van der Waals surface area contributed by atoms with Gasteiger partial charge in [0.2, 0.25) is 0 Å². The van der Waals surface area contributed by atoms with Gasteiger partial charge < -0.3 is 20.4 Å². The fourth-order valence-electron chi connectivity index (χ4n) is 4.18. The highest BCUT2D eigenvalue weighted by Gasteiger charge is 2.28. The molecule has 1 aromatic carbocycles. The quantitative estimate of drug-likeness (QED) is 0.488. The van der Waals surface area contributed by atoms with Crippen molar-refractivity contribution in [3.63, 3.8) is 0 Å². The smallest absolute Gasteiger partial charge is 0.164 e. The first-order chi connectivity index (χ1) is 15.0. The van der Waals surface area contributed by atoms with E-state index in [1.165, 1.54) is 6.33 Å². The summed E-state index contributed by atoms with van der Waals surface area (Å²) < 4.78 is 9.27. The number of aromatic nitrogens is 6. The minimum atomic E-state index is 0.153. The Bertz CT molecular complexity index is 1340. The standard InChI is InChI=1S/C22H24N8O/c1-13-27-18-8-14(5-7-19(18)29(13)2)4-6-17-20-21(23)25-12-26-22(20)30(28-17)16-9-15(11-31-3)24-10-16/h5,7-8,12,15-16,24H,9-11H2,1-3H3,(H2,23,25,26)/t15-,16+/m1/s1. The van der Waals surface area contributed by atoms with Crippen molar-refractivity contribution in [2.45, 2.75) is 25.4 Å². The average Bonchev–Trinajstić information content (AvgIpc) is 3.44. The fraction of sp³-hybridized carbons (Fsp3) is 0.364. The van der Waals surface area contributed by atoms with Gasteiger partial charge in [-0.1, -0.05) is 5.92 Å². The maximum Gasteiger partial charge on any atom is 0.164 e. The van der Waals surface area contributed by atoms with E-state index in [-0.39, 0.29) is 12.1 Å². The number of hydrogen-bond acceptors (Lipinski definition) is 7. The molecule has 0 amide bonds. The number of anilines is 1. The molecule has 0 radical (unpaired) electrons. The Hall–Kier alpha value is -3.48. The molecule has 4 heterocycles. The van der Waals surface area contributed by atoms with Gasteiger partial charge in [-0.25, -0.2) is 19.6 Å². The first kappa shape index (κ1) is 19.5. The van der Waals surface area contributed by atoms with Crippen LogP contribution < -0.4 is 11.1 Å². The van der Waals surface area contributed by atoms with Crippen LogP contribution in [0.4, 0.5) is 5.82 Å². The lowest BCUT2D eigenvalue weighted by molar-refractivity contribution is 0.172. The highest BCUT2D eigenvalue weighted by molar-refractivity contribution is 5.90. The third-order valence-corrected chi connectivity index (χ3v) is 5.86. The van der Waals surface area contributed by atoms with Gasteiger partial charge in [0, 0.05) is 32.3 Å². The number of benzene rings is 1. The molecule has 2 atom stereocenters. The van der Waals surface area contributed by atoms with Crippen molar-refractivity contribution in [2.24, 2.45) is 7.05 Å². The summed E-state index contributed by atoms with van der Waals surface area (Å²) in [7, 11) is 3.72. The lowest BCUT2D eigenvalue weighted by Gasteiger charge is -2.10. The molecule has 1 saturated heterocycles.